The second-order valence-corrected chi connectivity index (χ2v) is 11.7. The molecule has 0 aliphatic rings. The average molecular weight is 573 g/mol. The molecule has 5 aromatic rings. The maximum atomic E-state index is 11.4. The van der Waals surface area contributed by atoms with Gasteiger partial charge in [0.15, 0.2) is 0 Å². The number of para-hydroxylation sites is 2. The first-order valence-corrected chi connectivity index (χ1v) is 14.7. The molecule has 0 aliphatic carbocycles. The van der Waals surface area contributed by atoms with Crippen LogP contribution in [0.5, 0.6) is 0 Å². The predicted octanol–water partition coefficient (Wildman–Crippen LogP) is 10.3. The lowest BCUT2D eigenvalue weighted by atomic mass is 9.98. The summed E-state index contributed by atoms with van der Waals surface area (Å²) in [6.45, 7) is 5.53. The van der Waals surface area contributed by atoms with Gasteiger partial charge in [-0.1, -0.05) is 48.5 Å². The highest BCUT2D eigenvalue weighted by Gasteiger charge is 2.16. The minimum Gasteiger partial charge on any atom is -0.477 e. The summed E-state index contributed by atoms with van der Waals surface area (Å²) in [7, 11) is 0. The number of aliphatic carboxylic acids is 1. The van der Waals surface area contributed by atoms with E-state index in [4.69, 9.17) is 0 Å². The fourth-order valence-corrected chi connectivity index (χ4v) is 6.78. The van der Waals surface area contributed by atoms with Gasteiger partial charge in [0, 0.05) is 36.6 Å². The Morgan fingerprint density at radius 1 is 0.659 bits per heavy atom. The van der Waals surface area contributed by atoms with E-state index in [2.05, 4.69) is 102 Å². The Morgan fingerprint density at radius 2 is 1.17 bits per heavy atom. The second kappa shape index (κ2) is 12.2. The van der Waals surface area contributed by atoms with Gasteiger partial charge in [0.2, 0.25) is 0 Å². The number of thiophene rings is 2. The number of carboxylic acid groups (broad SMARTS) is 1. The maximum Gasteiger partial charge on any atom is 0.346 e. The lowest BCUT2D eigenvalue weighted by Crippen LogP contribution is -2.09. The standard InChI is InChI=1S/C35H28N2O2S2/c1-23(24(2)30(22-36)35(38)39)25(3)31-18-20-33(40-31)34-21-19-32(41-34)26-14-16-29(17-15-26)37(27-10-6-4-7-11-27)28-12-8-5-9-13-28/h4-21H,1-3H3,(H,38,39)/b25-23+,30-24+. The molecule has 0 spiro atoms. The number of rotatable bonds is 8. The zero-order valence-corrected chi connectivity index (χ0v) is 24.6. The summed E-state index contributed by atoms with van der Waals surface area (Å²) in [6.07, 6.45) is 0. The smallest absolute Gasteiger partial charge is 0.346 e. The van der Waals surface area contributed by atoms with Crippen molar-refractivity contribution in [1.82, 2.24) is 0 Å². The zero-order valence-electron chi connectivity index (χ0n) is 23.0. The van der Waals surface area contributed by atoms with E-state index in [1.165, 1.54) is 9.75 Å². The molecule has 0 amide bonds. The van der Waals surface area contributed by atoms with E-state index in [-0.39, 0.29) is 5.57 Å². The molecule has 0 fully saturated rings. The third kappa shape index (κ3) is 5.92. The Balaban J connectivity index is 1.40. The monoisotopic (exact) mass is 572 g/mol. The first-order valence-electron chi connectivity index (χ1n) is 13.1. The molecule has 0 aliphatic heterocycles. The largest absolute Gasteiger partial charge is 0.477 e. The van der Waals surface area contributed by atoms with Crippen molar-refractivity contribution >= 4 is 51.3 Å². The quantitative estimate of drug-likeness (QED) is 0.114. The first-order chi connectivity index (χ1) is 19.9. The van der Waals surface area contributed by atoms with Gasteiger partial charge in [0.25, 0.3) is 0 Å². The van der Waals surface area contributed by atoms with Gasteiger partial charge in [-0.15, -0.1) is 22.7 Å². The number of carbonyl (C=O) groups is 1. The number of hydrogen-bond donors (Lipinski definition) is 1. The van der Waals surface area contributed by atoms with E-state index in [0.29, 0.717) is 5.57 Å². The highest BCUT2D eigenvalue weighted by molar-refractivity contribution is 7.24. The molecule has 1 N–H and O–H groups in total. The summed E-state index contributed by atoms with van der Waals surface area (Å²) in [6, 6.07) is 39.7. The van der Waals surface area contributed by atoms with E-state index < -0.39 is 5.97 Å². The van der Waals surface area contributed by atoms with E-state index in [1.54, 1.807) is 29.6 Å². The second-order valence-electron chi connectivity index (χ2n) is 9.55. The number of anilines is 3. The van der Waals surface area contributed by atoms with Gasteiger partial charge in [-0.25, -0.2) is 4.79 Å². The molecule has 0 saturated heterocycles. The van der Waals surface area contributed by atoms with Crippen molar-refractivity contribution in [2.45, 2.75) is 20.8 Å². The number of hydrogen-bond acceptors (Lipinski definition) is 5. The van der Waals surface area contributed by atoms with Gasteiger partial charge in [0.05, 0.1) is 0 Å². The lowest BCUT2D eigenvalue weighted by Gasteiger charge is -2.25. The highest BCUT2D eigenvalue weighted by atomic mass is 32.1. The van der Waals surface area contributed by atoms with E-state index in [0.717, 1.165) is 43.5 Å². The Kier molecular flexibility index (Phi) is 8.30. The molecule has 6 heteroatoms. The first kappa shape index (κ1) is 27.9. The molecule has 0 atom stereocenters. The number of allylic oxidation sites excluding steroid dienone is 3. The average Bonchev–Trinajstić information content (AvgIpc) is 3.69. The molecular formula is C35H28N2O2S2. The SMILES string of the molecule is CC(=C(/C#N)C(=O)O)/C(C)=C(\C)c1ccc(-c2ccc(-c3ccc(N(c4ccccc4)c4ccccc4)cc3)s2)s1. The molecular weight excluding hydrogens is 545 g/mol. The normalized spacial score (nSPS) is 12.2. The fraction of sp³-hybridized carbons (Fsp3) is 0.0857. The minimum atomic E-state index is -1.20. The van der Waals surface area contributed by atoms with Crippen LogP contribution >= 0.6 is 22.7 Å². The maximum absolute atomic E-state index is 11.4. The number of nitriles is 1. The molecule has 41 heavy (non-hydrogen) atoms. The molecule has 0 saturated carbocycles. The summed E-state index contributed by atoms with van der Waals surface area (Å²) >= 11 is 3.42. The van der Waals surface area contributed by atoms with Crippen molar-refractivity contribution in [3.8, 4) is 26.3 Å². The van der Waals surface area contributed by atoms with Gasteiger partial charge in [-0.3, -0.25) is 0 Å². The van der Waals surface area contributed by atoms with Crippen molar-refractivity contribution in [1.29, 1.82) is 5.26 Å². The van der Waals surface area contributed by atoms with Crippen molar-refractivity contribution in [3.63, 3.8) is 0 Å². The summed E-state index contributed by atoms with van der Waals surface area (Å²) in [5, 5.41) is 18.6. The van der Waals surface area contributed by atoms with E-state index in [1.807, 2.05) is 32.0 Å². The summed E-state index contributed by atoms with van der Waals surface area (Å²) in [5.74, 6) is -1.20. The Morgan fingerprint density at radius 3 is 1.73 bits per heavy atom. The third-order valence-corrected chi connectivity index (χ3v) is 9.62. The van der Waals surface area contributed by atoms with Crippen LogP contribution in [0.15, 0.2) is 126 Å². The van der Waals surface area contributed by atoms with Crippen LogP contribution in [0.3, 0.4) is 0 Å². The van der Waals surface area contributed by atoms with Crippen molar-refractivity contribution in [3.05, 3.63) is 131 Å². The van der Waals surface area contributed by atoms with Crippen LogP contribution in [0, 0.1) is 11.3 Å². The van der Waals surface area contributed by atoms with Gasteiger partial charge in [-0.2, -0.15) is 5.26 Å². The van der Waals surface area contributed by atoms with Crippen molar-refractivity contribution in [2.75, 3.05) is 4.90 Å². The van der Waals surface area contributed by atoms with Gasteiger partial charge in [-0.05, 0) is 104 Å². The number of carboxylic acids is 1. The Labute approximate surface area is 248 Å². The third-order valence-electron chi connectivity index (χ3n) is 7.09. The van der Waals surface area contributed by atoms with Crippen LogP contribution in [0.25, 0.3) is 25.8 Å². The summed E-state index contributed by atoms with van der Waals surface area (Å²) in [5.41, 5.74) is 6.52. The van der Waals surface area contributed by atoms with Crippen LogP contribution in [0.1, 0.15) is 25.6 Å². The molecule has 0 unspecified atom stereocenters. The van der Waals surface area contributed by atoms with E-state index in [9.17, 15) is 15.2 Å². The molecule has 5 rings (SSSR count). The topological polar surface area (TPSA) is 64.3 Å². The van der Waals surface area contributed by atoms with Crippen molar-refractivity contribution in [2.24, 2.45) is 0 Å². The Hall–Kier alpha value is -4.70. The molecule has 3 aromatic carbocycles. The van der Waals surface area contributed by atoms with Crippen LogP contribution in [-0.2, 0) is 4.79 Å². The summed E-state index contributed by atoms with van der Waals surface area (Å²) in [4.78, 5) is 18.3. The van der Waals surface area contributed by atoms with Gasteiger partial charge >= 0.3 is 5.97 Å². The highest BCUT2D eigenvalue weighted by Crippen LogP contribution is 2.41. The van der Waals surface area contributed by atoms with Gasteiger partial charge in [0.1, 0.15) is 11.6 Å². The van der Waals surface area contributed by atoms with Crippen molar-refractivity contribution < 1.29 is 9.90 Å². The Bertz CT molecular complexity index is 1750. The predicted molar refractivity (Wildman–Crippen MR) is 172 cm³/mol. The van der Waals surface area contributed by atoms with Crippen LogP contribution in [-0.4, -0.2) is 11.1 Å². The molecule has 2 heterocycles. The fourth-order valence-electron chi connectivity index (χ4n) is 4.62. The molecule has 202 valence electrons. The minimum absolute atomic E-state index is 0.219. The molecule has 4 nitrogen and oxygen atoms in total. The molecule has 0 bridgehead atoms. The van der Waals surface area contributed by atoms with Gasteiger partial charge < -0.3 is 10.0 Å². The van der Waals surface area contributed by atoms with Crippen LogP contribution in [0.4, 0.5) is 17.1 Å². The number of nitrogens with zero attached hydrogens (tertiary/aromatic N) is 2. The number of benzene rings is 3. The van der Waals surface area contributed by atoms with Crippen LogP contribution in [0.2, 0.25) is 0 Å². The zero-order chi connectivity index (χ0) is 28.9. The summed E-state index contributed by atoms with van der Waals surface area (Å²) < 4.78 is 0. The van der Waals surface area contributed by atoms with Crippen LogP contribution < -0.4 is 4.90 Å². The molecule has 0 radical (unpaired) electrons. The molecule has 2 aromatic heterocycles. The lowest BCUT2D eigenvalue weighted by molar-refractivity contribution is -0.132. The van der Waals surface area contributed by atoms with E-state index >= 15 is 0 Å².